The molecule has 2 heterocycles. The molecule has 1 amide bonds. The van der Waals surface area contributed by atoms with Crippen molar-refractivity contribution >= 4 is 27.3 Å². The number of benzene rings is 2. The van der Waals surface area contributed by atoms with Crippen molar-refractivity contribution in [1.29, 1.82) is 0 Å². The van der Waals surface area contributed by atoms with Crippen LogP contribution in [0.4, 0.5) is 20.2 Å². The van der Waals surface area contributed by atoms with Crippen molar-refractivity contribution in [2.75, 3.05) is 16.2 Å². The predicted octanol–water partition coefficient (Wildman–Crippen LogP) is 2.95. The van der Waals surface area contributed by atoms with Crippen LogP contribution in [0.2, 0.25) is 0 Å². The Kier molecular flexibility index (Phi) is 5.55. The van der Waals surface area contributed by atoms with Crippen LogP contribution >= 0.6 is 0 Å². The SMILES string of the molecule is CCc1nc(CN2C(=O)COc3cc(S(=O)(=O)Nc4ccc(F)cc4F)c(C)cc32)no1. The van der Waals surface area contributed by atoms with E-state index in [4.69, 9.17) is 9.26 Å². The maximum Gasteiger partial charge on any atom is 0.265 e. The first-order valence-electron chi connectivity index (χ1n) is 9.55. The Morgan fingerprint density at radius 1 is 1.22 bits per heavy atom. The number of anilines is 2. The van der Waals surface area contributed by atoms with Crippen LogP contribution in [0.3, 0.4) is 0 Å². The Morgan fingerprint density at radius 3 is 2.69 bits per heavy atom. The van der Waals surface area contributed by atoms with Gasteiger partial charge < -0.3 is 9.26 Å². The quantitative estimate of drug-likeness (QED) is 0.596. The van der Waals surface area contributed by atoms with Gasteiger partial charge in [0.05, 0.1) is 22.8 Å². The van der Waals surface area contributed by atoms with Gasteiger partial charge in [-0.15, -0.1) is 0 Å². The van der Waals surface area contributed by atoms with E-state index in [1.807, 2.05) is 6.92 Å². The van der Waals surface area contributed by atoms with Crippen LogP contribution in [0.5, 0.6) is 5.75 Å². The molecule has 0 saturated carbocycles. The molecular formula is C20H18F2N4O5S. The molecule has 12 heteroatoms. The van der Waals surface area contributed by atoms with Gasteiger partial charge in [0.2, 0.25) is 5.89 Å². The second-order valence-corrected chi connectivity index (χ2v) is 8.69. The first-order chi connectivity index (χ1) is 15.2. The van der Waals surface area contributed by atoms with Gasteiger partial charge in [-0.2, -0.15) is 4.98 Å². The molecule has 9 nitrogen and oxygen atoms in total. The molecule has 0 bridgehead atoms. The fraction of sp³-hybridized carbons (Fsp3) is 0.250. The number of amides is 1. The number of aromatic nitrogens is 2. The number of nitrogens with zero attached hydrogens (tertiary/aromatic N) is 3. The summed E-state index contributed by atoms with van der Waals surface area (Å²) in [5.41, 5.74) is 0.225. The van der Waals surface area contributed by atoms with Gasteiger partial charge in [0.25, 0.3) is 15.9 Å². The van der Waals surface area contributed by atoms with Gasteiger partial charge in [-0.3, -0.25) is 14.4 Å². The highest BCUT2D eigenvalue weighted by Gasteiger charge is 2.30. The summed E-state index contributed by atoms with van der Waals surface area (Å²) in [5, 5.41) is 3.84. The molecule has 0 aliphatic carbocycles. The largest absolute Gasteiger partial charge is 0.482 e. The Morgan fingerprint density at radius 2 is 2.00 bits per heavy atom. The number of hydrogen-bond donors (Lipinski definition) is 1. The van der Waals surface area contributed by atoms with Crippen molar-refractivity contribution in [3.8, 4) is 5.75 Å². The summed E-state index contributed by atoms with van der Waals surface area (Å²) >= 11 is 0. The van der Waals surface area contributed by atoms with E-state index in [1.165, 1.54) is 24.0 Å². The van der Waals surface area contributed by atoms with Gasteiger partial charge >= 0.3 is 0 Å². The zero-order valence-electron chi connectivity index (χ0n) is 17.1. The molecule has 4 rings (SSSR count). The molecule has 0 saturated heterocycles. The summed E-state index contributed by atoms with van der Waals surface area (Å²) in [7, 11) is -4.24. The number of carbonyl (C=O) groups is 1. The summed E-state index contributed by atoms with van der Waals surface area (Å²) in [6.07, 6.45) is 0.544. The van der Waals surface area contributed by atoms with E-state index < -0.39 is 27.3 Å². The lowest BCUT2D eigenvalue weighted by atomic mass is 10.1. The lowest BCUT2D eigenvalue weighted by molar-refractivity contribution is -0.121. The third-order valence-electron chi connectivity index (χ3n) is 4.78. The van der Waals surface area contributed by atoms with E-state index in [2.05, 4.69) is 14.9 Å². The normalized spacial score (nSPS) is 13.6. The molecule has 1 aliphatic rings. The van der Waals surface area contributed by atoms with Crippen molar-refractivity contribution in [3.05, 3.63) is 59.2 Å². The summed E-state index contributed by atoms with van der Waals surface area (Å²) in [6, 6.07) is 5.23. The van der Waals surface area contributed by atoms with Crippen LogP contribution in [0.15, 0.2) is 39.8 Å². The zero-order valence-corrected chi connectivity index (χ0v) is 17.9. The molecule has 2 aromatic carbocycles. The number of aryl methyl sites for hydroxylation is 2. The monoisotopic (exact) mass is 464 g/mol. The van der Waals surface area contributed by atoms with Crippen LogP contribution in [0.25, 0.3) is 0 Å². The smallest absolute Gasteiger partial charge is 0.265 e. The highest BCUT2D eigenvalue weighted by atomic mass is 32.2. The van der Waals surface area contributed by atoms with Crippen molar-refractivity contribution < 1.29 is 31.3 Å². The Balaban J connectivity index is 1.67. The average Bonchev–Trinajstić information content (AvgIpc) is 3.20. The number of ether oxygens (including phenoxy) is 1. The fourth-order valence-corrected chi connectivity index (χ4v) is 4.52. The first-order valence-corrected chi connectivity index (χ1v) is 11.0. The number of halogens is 2. The molecule has 0 unspecified atom stereocenters. The van der Waals surface area contributed by atoms with Crippen molar-refractivity contribution in [3.63, 3.8) is 0 Å². The lowest BCUT2D eigenvalue weighted by Gasteiger charge is -2.29. The maximum absolute atomic E-state index is 13.9. The molecular weight excluding hydrogens is 446 g/mol. The van der Waals surface area contributed by atoms with Gasteiger partial charge in [-0.05, 0) is 30.7 Å². The number of carbonyl (C=O) groups excluding carboxylic acids is 1. The Bertz CT molecular complexity index is 1310. The zero-order chi connectivity index (χ0) is 23.0. The molecule has 0 radical (unpaired) electrons. The van der Waals surface area contributed by atoms with E-state index >= 15 is 0 Å². The second-order valence-electron chi connectivity index (χ2n) is 7.04. The number of nitrogens with one attached hydrogen (secondary N) is 1. The first kappa shape index (κ1) is 21.7. The number of fused-ring (bicyclic) bond motifs is 1. The molecule has 0 spiro atoms. The molecule has 3 aromatic rings. The number of sulfonamides is 1. The molecule has 1 N–H and O–H groups in total. The number of rotatable bonds is 6. The van der Waals surface area contributed by atoms with Gasteiger partial charge in [0.15, 0.2) is 12.4 Å². The fourth-order valence-electron chi connectivity index (χ4n) is 3.21. The lowest BCUT2D eigenvalue weighted by Crippen LogP contribution is -2.38. The topological polar surface area (TPSA) is 115 Å². The van der Waals surface area contributed by atoms with Crippen molar-refractivity contribution in [2.45, 2.75) is 31.7 Å². The van der Waals surface area contributed by atoms with Crippen molar-refractivity contribution in [2.24, 2.45) is 0 Å². The highest BCUT2D eigenvalue weighted by molar-refractivity contribution is 7.92. The van der Waals surface area contributed by atoms with Gasteiger partial charge in [0, 0.05) is 18.6 Å². The summed E-state index contributed by atoms with van der Waals surface area (Å²) < 4.78 is 65.4. The minimum atomic E-state index is -4.24. The molecule has 168 valence electrons. The minimum absolute atomic E-state index is 0.0171. The molecule has 32 heavy (non-hydrogen) atoms. The van der Waals surface area contributed by atoms with Crippen molar-refractivity contribution in [1.82, 2.24) is 10.1 Å². The van der Waals surface area contributed by atoms with E-state index in [9.17, 15) is 22.0 Å². The summed E-state index contributed by atoms with van der Waals surface area (Å²) in [6.45, 7) is 3.08. The highest BCUT2D eigenvalue weighted by Crippen LogP contribution is 2.37. The third kappa shape index (κ3) is 4.13. The van der Waals surface area contributed by atoms with Gasteiger partial charge in [-0.25, -0.2) is 17.2 Å². The van der Waals surface area contributed by atoms with Crippen LogP contribution < -0.4 is 14.4 Å². The maximum atomic E-state index is 13.9. The minimum Gasteiger partial charge on any atom is -0.482 e. The number of hydrogen-bond acceptors (Lipinski definition) is 7. The van der Waals surface area contributed by atoms with Crippen LogP contribution in [0, 0.1) is 18.6 Å². The molecule has 1 aromatic heterocycles. The van der Waals surface area contributed by atoms with Crippen LogP contribution in [-0.2, 0) is 27.8 Å². The van der Waals surface area contributed by atoms with E-state index in [-0.39, 0.29) is 35.3 Å². The van der Waals surface area contributed by atoms with Gasteiger partial charge in [0.1, 0.15) is 17.4 Å². The van der Waals surface area contributed by atoms with E-state index in [0.717, 1.165) is 12.1 Å². The van der Waals surface area contributed by atoms with Crippen LogP contribution in [-0.4, -0.2) is 31.1 Å². The standard InChI is InChI=1S/C20H18F2N4O5S/c1-3-19-23-18(24-31-19)9-26-15-6-11(2)17(8-16(15)30-10-20(26)27)32(28,29)25-14-5-4-12(21)7-13(14)22/h4-8,25H,3,9-10H2,1-2H3. The van der Waals surface area contributed by atoms with Crippen LogP contribution in [0.1, 0.15) is 24.2 Å². The van der Waals surface area contributed by atoms with E-state index in [0.29, 0.717) is 29.9 Å². The Labute approximate surface area is 182 Å². The predicted molar refractivity (Wildman–Crippen MR) is 109 cm³/mol. The molecule has 0 fully saturated rings. The third-order valence-corrected chi connectivity index (χ3v) is 6.28. The summed E-state index contributed by atoms with van der Waals surface area (Å²) in [5.74, 6) is -1.37. The van der Waals surface area contributed by atoms with Gasteiger partial charge in [-0.1, -0.05) is 12.1 Å². The molecule has 1 aliphatic heterocycles. The second kappa shape index (κ2) is 8.19. The average molecular weight is 464 g/mol. The molecule has 0 atom stereocenters. The Hall–Kier alpha value is -3.54. The van der Waals surface area contributed by atoms with E-state index in [1.54, 1.807) is 0 Å². The summed E-state index contributed by atoms with van der Waals surface area (Å²) in [4.78, 5) is 17.8.